The van der Waals surface area contributed by atoms with E-state index in [1.54, 1.807) is 10.7 Å². The van der Waals surface area contributed by atoms with Gasteiger partial charge in [0.2, 0.25) is 0 Å². The summed E-state index contributed by atoms with van der Waals surface area (Å²) in [6.07, 6.45) is 0. The van der Waals surface area contributed by atoms with Gasteiger partial charge >= 0.3 is 0 Å². The van der Waals surface area contributed by atoms with E-state index in [0.29, 0.717) is 24.7 Å². The van der Waals surface area contributed by atoms with E-state index in [1.807, 2.05) is 26.8 Å². The van der Waals surface area contributed by atoms with Gasteiger partial charge in [-0.05, 0) is 56.7 Å². The van der Waals surface area contributed by atoms with Crippen LogP contribution in [0.4, 0.5) is 10.2 Å². The molecule has 2 N–H and O–H groups in total. The Balaban J connectivity index is 1.52. The summed E-state index contributed by atoms with van der Waals surface area (Å²) in [5.74, 6) is 0.364. The summed E-state index contributed by atoms with van der Waals surface area (Å²) in [6.45, 7) is 6.74. The van der Waals surface area contributed by atoms with Gasteiger partial charge in [-0.25, -0.2) is 9.07 Å². The molecule has 0 aliphatic heterocycles. The number of rotatable bonds is 6. The first-order chi connectivity index (χ1) is 13.4. The van der Waals surface area contributed by atoms with Crippen LogP contribution in [0.1, 0.15) is 27.3 Å². The Morgan fingerprint density at radius 3 is 2.54 bits per heavy atom. The van der Waals surface area contributed by atoms with Crippen LogP contribution < -0.4 is 10.6 Å². The number of carbonyl (C=O) groups is 1. The Morgan fingerprint density at radius 2 is 1.93 bits per heavy atom. The minimum absolute atomic E-state index is 0.0753. The molecule has 0 unspecified atom stereocenters. The predicted molar refractivity (Wildman–Crippen MR) is 106 cm³/mol. The van der Waals surface area contributed by atoms with Gasteiger partial charge in [0.1, 0.15) is 11.6 Å². The average Bonchev–Trinajstić information content (AvgIpc) is 2.93. The lowest BCUT2D eigenvalue weighted by Crippen LogP contribution is -2.29. The Bertz CT molecular complexity index is 1000. The van der Waals surface area contributed by atoms with E-state index in [-0.39, 0.29) is 16.5 Å². The Labute approximate surface area is 166 Å². The van der Waals surface area contributed by atoms with Crippen LogP contribution in [0.15, 0.2) is 30.3 Å². The van der Waals surface area contributed by atoms with E-state index < -0.39 is 5.82 Å². The average molecular weight is 403 g/mol. The third-order valence-electron chi connectivity index (χ3n) is 4.41. The lowest BCUT2D eigenvalue weighted by Gasteiger charge is -2.09. The molecule has 0 spiro atoms. The predicted octanol–water partition coefficient (Wildman–Crippen LogP) is 3.22. The number of carbonyl (C=O) groups excluding carboxylic acids is 1. The molecule has 0 aliphatic rings. The maximum Gasteiger partial charge on any atom is 0.252 e. The molecule has 2 aromatic heterocycles. The van der Waals surface area contributed by atoms with E-state index in [2.05, 4.69) is 25.9 Å². The highest BCUT2D eigenvalue weighted by Gasteiger charge is 2.11. The van der Waals surface area contributed by atoms with Crippen LogP contribution in [0, 0.1) is 26.6 Å². The van der Waals surface area contributed by atoms with Crippen LogP contribution in [0.3, 0.4) is 0 Å². The first-order valence-electron chi connectivity index (χ1n) is 8.71. The van der Waals surface area contributed by atoms with Crippen molar-refractivity contribution < 1.29 is 9.18 Å². The number of aryl methyl sites for hydroxylation is 1. The molecular formula is C19H20ClFN6O. The highest BCUT2D eigenvalue weighted by Crippen LogP contribution is 2.17. The van der Waals surface area contributed by atoms with Crippen LogP contribution in [0.25, 0.3) is 5.82 Å². The summed E-state index contributed by atoms with van der Waals surface area (Å²) in [4.78, 5) is 12.1. The van der Waals surface area contributed by atoms with Gasteiger partial charge in [0, 0.05) is 18.8 Å². The first-order valence-corrected chi connectivity index (χ1v) is 9.08. The Hall–Kier alpha value is -3.00. The van der Waals surface area contributed by atoms with Crippen molar-refractivity contribution in [2.24, 2.45) is 0 Å². The molecule has 0 saturated carbocycles. The molecule has 0 radical (unpaired) electrons. The molecule has 0 atom stereocenters. The van der Waals surface area contributed by atoms with Gasteiger partial charge < -0.3 is 10.6 Å². The summed E-state index contributed by atoms with van der Waals surface area (Å²) < 4.78 is 14.8. The summed E-state index contributed by atoms with van der Waals surface area (Å²) >= 11 is 5.88. The highest BCUT2D eigenvalue weighted by atomic mass is 35.5. The third-order valence-corrected chi connectivity index (χ3v) is 4.73. The molecular weight excluding hydrogens is 383 g/mol. The number of nitrogens with one attached hydrogen (secondary N) is 2. The van der Waals surface area contributed by atoms with Gasteiger partial charge in [-0.3, -0.25) is 4.79 Å². The van der Waals surface area contributed by atoms with Crippen molar-refractivity contribution >= 4 is 23.3 Å². The smallest absolute Gasteiger partial charge is 0.252 e. The number of hydrogen-bond donors (Lipinski definition) is 2. The maximum absolute atomic E-state index is 13.0. The lowest BCUT2D eigenvalue weighted by molar-refractivity contribution is 0.0955. The lowest BCUT2D eigenvalue weighted by atomic mass is 10.2. The molecule has 1 aromatic carbocycles. The van der Waals surface area contributed by atoms with Crippen LogP contribution >= 0.6 is 11.6 Å². The zero-order valence-electron chi connectivity index (χ0n) is 15.8. The summed E-state index contributed by atoms with van der Waals surface area (Å²) in [6, 6.07) is 7.28. The van der Waals surface area contributed by atoms with Gasteiger partial charge in [0.25, 0.3) is 5.91 Å². The quantitative estimate of drug-likeness (QED) is 0.618. The van der Waals surface area contributed by atoms with Crippen LogP contribution in [0.2, 0.25) is 5.02 Å². The van der Waals surface area contributed by atoms with Crippen molar-refractivity contribution in [2.75, 3.05) is 18.4 Å². The third kappa shape index (κ3) is 4.28. The maximum atomic E-state index is 13.0. The monoisotopic (exact) mass is 402 g/mol. The molecule has 0 fully saturated rings. The molecule has 2 heterocycles. The number of aromatic nitrogens is 4. The standard InChI is InChI=1S/C19H20ClFN6O/c1-11-12(2)26-27(13(11)3)18-7-6-17(24-25-18)22-8-9-23-19(28)15-5-4-14(21)10-16(15)20/h4-7,10H,8-9H2,1-3H3,(H,22,24)(H,23,28). The molecule has 28 heavy (non-hydrogen) atoms. The van der Waals surface area contributed by atoms with E-state index >= 15 is 0 Å². The topological polar surface area (TPSA) is 84.7 Å². The van der Waals surface area contributed by atoms with Gasteiger partial charge in [0.15, 0.2) is 5.82 Å². The fourth-order valence-electron chi connectivity index (χ4n) is 2.61. The van der Waals surface area contributed by atoms with Crippen molar-refractivity contribution in [3.05, 3.63) is 63.7 Å². The van der Waals surface area contributed by atoms with Gasteiger partial charge in [0.05, 0.1) is 16.3 Å². The molecule has 9 heteroatoms. The normalized spacial score (nSPS) is 10.8. The molecule has 146 valence electrons. The summed E-state index contributed by atoms with van der Waals surface area (Å²) in [7, 11) is 0. The second-order valence-corrected chi connectivity index (χ2v) is 6.70. The molecule has 7 nitrogen and oxygen atoms in total. The molecule has 0 saturated heterocycles. The molecule has 3 aromatic rings. The van der Waals surface area contributed by atoms with Crippen LogP contribution in [-0.4, -0.2) is 39.0 Å². The minimum atomic E-state index is -0.485. The SMILES string of the molecule is Cc1nn(-c2ccc(NCCNC(=O)c3ccc(F)cc3Cl)nn2)c(C)c1C. The molecule has 0 aliphatic carbocycles. The molecule has 1 amide bonds. The van der Waals surface area contributed by atoms with Crippen LogP contribution in [-0.2, 0) is 0 Å². The number of halogens is 2. The van der Waals surface area contributed by atoms with E-state index in [0.717, 1.165) is 23.0 Å². The van der Waals surface area contributed by atoms with E-state index in [4.69, 9.17) is 11.6 Å². The number of hydrogen-bond acceptors (Lipinski definition) is 5. The van der Waals surface area contributed by atoms with Gasteiger partial charge in [-0.2, -0.15) is 5.10 Å². The van der Waals surface area contributed by atoms with E-state index in [1.165, 1.54) is 12.1 Å². The van der Waals surface area contributed by atoms with E-state index in [9.17, 15) is 9.18 Å². The van der Waals surface area contributed by atoms with Gasteiger partial charge in [-0.1, -0.05) is 11.6 Å². The van der Waals surface area contributed by atoms with Gasteiger partial charge in [-0.15, -0.1) is 10.2 Å². The number of nitrogens with zero attached hydrogens (tertiary/aromatic N) is 4. The zero-order valence-corrected chi connectivity index (χ0v) is 16.5. The minimum Gasteiger partial charge on any atom is -0.367 e. The van der Waals surface area contributed by atoms with Crippen molar-refractivity contribution in [3.8, 4) is 5.82 Å². The second-order valence-electron chi connectivity index (χ2n) is 6.29. The number of anilines is 1. The largest absolute Gasteiger partial charge is 0.367 e. The Kier molecular flexibility index (Phi) is 5.89. The fraction of sp³-hybridized carbons (Fsp3) is 0.263. The fourth-order valence-corrected chi connectivity index (χ4v) is 2.86. The molecule has 0 bridgehead atoms. The summed E-state index contributed by atoms with van der Waals surface area (Å²) in [5.41, 5.74) is 3.33. The van der Waals surface area contributed by atoms with Crippen molar-refractivity contribution in [3.63, 3.8) is 0 Å². The van der Waals surface area contributed by atoms with Crippen molar-refractivity contribution in [1.29, 1.82) is 0 Å². The number of amides is 1. The Morgan fingerprint density at radius 1 is 1.14 bits per heavy atom. The zero-order chi connectivity index (χ0) is 20.3. The van der Waals surface area contributed by atoms with Crippen LogP contribution in [0.5, 0.6) is 0 Å². The number of benzene rings is 1. The highest BCUT2D eigenvalue weighted by molar-refractivity contribution is 6.33. The second kappa shape index (κ2) is 8.35. The summed E-state index contributed by atoms with van der Waals surface area (Å²) in [5, 5.41) is 18.6. The van der Waals surface area contributed by atoms with Crippen molar-refractivity contribution in [2.45, 2.75) is 20.8 Å². The molecule has 3 rings (SSSR count). The first kappa shape index (κ1) is 19.8. The van der Waals surface area contributed by atoms with Crippen molar-refractivity contribution in [1.82, 2.24) is 25.3 Å².